The molecule has 0 amide bonds. The fourth-order valence-electron chi connectivity index (χ4n) is 5.33. The first kappa shape index (κ1) is 26.0. The number of benzene rings is 3. The summed E-state index contributed by atoms with van der Waals surface area (Å²) in [5.74, 6) is 1.59. The molecule has 2 aromatic heterocycles. The van der Waals surface area contributed by atoms with Crippen molar-refractivity contribution in [3.05, 3.63) is 96.4 Å². The first-order valence-electron chi connectivity index (χ1n) is 13.2. The zero-order chi connectivity index (χ0) is 27.9. The second-order valence-electron chi connectivity index (χ2n) is 10.0. The van der Waals surface area contributed by atoms with E-state index in [0.29, 0.717) is 31.1 Å². The molecule has 0 spiro atoms. The van der Waals surface area contributed by atoms with Crippen LogP contribution in [0.25, 0.3) is 27.8 Å². The number of aryl methyl sites for hydroxylation is 2. The van der Waals surface area contributed by atoms with Crippen LogP contribution in [0.1, 0.15) is 11.1 Å². The highest BCUT2D eigenvalue weighted by Gasteiger charge is 2.31. The topological polar surface area (TPSA) is 80.6 Å². The van der Waals surface area contributed by atoms with Gasteiger partial charge in [0.2, 0.25) is 10.0 Å². The van der Waals surface area contributed by atoms with Crippen LogP contribution >= 0.6 is 0 Å². The number of ether oxygens (including phenoxy) is 1. The van der Waals surface area contributed by atoms with Crippen molar-refractivity contribution in [1.29, 1.82) is 0 Å². The normalized spacial score (nSPS) is 14.5. The molecule has 0 atom stereocenters. The molecule has 3 heterocycles. The molecule has 1 saturated heterocycles. The van der Waals surface area contributed by atoms with Gasteiger partial charge in [0.1, 0.15) is 17.9 Å². The molecule has 6 rings (SSSR count). The van der Waals surface area contributed by atoms with Crippen molar-refractivity contribution in [1.82, 2.24) is 18.8 Å². The minimum atomic E-state index is -3.59. The van der Waals surface area contributed by atoms with Crippen molar-refractivity contribution in [3.63, 3.8) is 0 Å². The lowest BCUT2D eigenvalue weighted by molar-refractivity contribution is 0.384. The Morgan fingerprint density at radius 2 is 1.57 bits per heavy atom. The van der Waals surface area contributed by atoms with Crippen LogP contribution in [0.3, 0.4) is 0 Å². The fraction of sp³-hybridized carbons (Fsp3) is 0.226. The first-order valence-corrected chi connectivity index (χ1v) is 14.7. The molecule has 1 aliphatic rings. The van der Waals surface area contributed by atoms with Crippen LogP contribution in [0.15, 0.2) is 90.2 Å². The molecular formula is C31H31N5O3S. The van der Waals surface area contributed by atoms with Crippen molar-refractivity contribution in [2.75, 3.05) is 38.2 Å². The maximum atomic E-state index is 13.5. The molecule has 0 radical (unpaired) electrons. The number of nitrogens with zero attached hydrogens (tertiary/aromatic N) is 5. The molecular weight excluding hydrogens is 522 g/mol. The van der Waals surface area contributed by atoms with Gasteiger partial charge in [-0.15, -0.1) is 0 Å². The summed E-state index contributed by atoms with van der Waals surface area (Å²) in [5.41, 5.74) is 5.53. The monoisotopic (exact) mass is 553 g/mol. The number of fused-ring (bicyclic) bond motifs is 1. The number of anilines is 1. The van der Waals surface area contributed by atoms with E-state index in [4.69, 9.17) is 14.7 Å². The van der Waals surface area contributed by atoms with Gasteiger partial charge in [0, 0.05) is 43.6 Å². The van der Waals surface area contributed by atoms with E-state index in [1.165, 1.54) is 0 Å². The van der Waals surface area contributed by atoms with Crippen LogP contribution in [0.5, 0.6) is 5.75 Å². The van der Waals surface area contributed by atoms with Crippen LogP contribution in [0.2, 0.25) is 0 Å². The quantitative estimate of drug-likeness (QED) is 0.287. The predicted octanol–water partition coefficient (Wildman–Crippen LogP) is 5.22. The second kappa shape index (κ2) is 10.4. The third-order valence-electron chi connectivity index (χ3n) is 7.50. The van der Waals surface area contributed by atoms with Crippen LogP contribution in [-0.2, 0) is 10.0 Å². The van der Waals surface area contributed by atoms with E-state index in [-0.39, 0.29) is 0 Å². The van der Waals surface area contributed by atoms with Crippen molar-refractivity contribution in [3.8, 4) is 22.6 Å². The van der Waals surface area contributed by atoms with Crippen LogP contribution < -0.4 is 9.64 Å². The van der Waals surface area contributed by atoms with Gasteiger partial charge >= 0.3 is 0 Å². The minimum absolute atomic E-state index is 0.376. The van der Waals surface area contributed by atoms with Crippen LogP contribution in [0.4, 0.5) is 5.82 Å². The highest BCUT2D eigenvalue weighted by atomic mass is 32.2. The zero-order valence-corrected chi connectivity index (χ0v) is 23.6. The van der Waals surface area contributed by atoms with Gasteiger partial charge < -0.3 is 14.2 Å². The Balaban J connectivity index is 1.38. The Hall–Kier alpha value is -4.21. The number of rotatable bonds is 6. The highest BCUT2D eigenvalue weighted by Crippen LogP contribution is 2.37. The minimum Gasteiger partial charge on any atom is -0.497 e. The lowest BCUT2D eigenvalue weighted by Gasteiger charge is -2.35. The lowest BCUT2D eigenvalue weighted by Crippen LogP contribution is -2.49. The number of piperazine rings is 1. The second-order valence-corrected chi connectivity index (χ2v) is 11.9. The summed E-state index contributed by atoms with van der Waals surface area (Å²) >= 11 is 0. The third kappa shape index (κ3) is 4.61. The van der Waals surface area contributed by atoms with E-state index in [1.54, 1.807) is 23.8 Å². The SMILES string of the molecule is COc1ccc(-n2cc(-c3ccccc3)c3c(N4CCN(S(=O)(=O)c5cc(C)ccc5C)CC4)ncnc32)cc1. The number of hydrogen-bond acceptors (Lipinski definition) is 6. The van der Waals surface area contributed by atoms with Gasteiger partial charge in [0.05, 0.1) is 17.4 Å². The Labute approximate surface area is 234 Å². The smallest absolute Gasteiger partial charge is 0.243 e. The summed E-state index contributed by atoms with van der Waals surface area (Å²) in [4.78, 5) is 12.0. The van der Waals surface area contributed by atoms with Gasteiger partial charge in [-0.2, -0.15) is 4.31 Å². The summed E-state index contributed by atoms with van der Waals surface area (Å²) in [6.07, 6.45) is 3.69. The van der Waals surface area contributed by atoms with Crippen LogP contribution in [0, 0.1) is 13.8 Å². The maximum absolute atomic E-state index is 13.5. The summed E-state index contributed by atoms with van der Waals surface area (Å²) in [5, 5.41) is 0.940. The van der Waals surface area contributed by atoms with Crippen molar-refractivity contribution in [2.24, 2.45) is 0 Å². The van der Waals surface area contributed by atoms with Crippen molar-refractivity contribution in [2.45, 2.75) is 18.7 Å². The van der Waals surface area contributed by atoms with E-state index in [1.807, 2.05) is 68.4 Å². The molecule has 0 aliphatic carbocycles. The third-order valence-corrected chi connectivity index (χ3v) is 9.54. The number of methoxy groups -OCH3 is 1. The molecule has 1 fully saturated rings. The van der Waals surface area contributed by atoms with Gasteiger partial charge in [0.25, 0.3) is 0 Å². The first-order chi connectivity index (χ1) is 19.4. The molecule has 8 nitrogen and oxygen atoms in total. The number of sulfonamides is 1. The average Bonchev–Trinajstić information content (AvgIpc) is 3.39. The summed E-state index contributed by atoms with van der Waals surface area (Å²) in [6.45, 7) is 5.57. The van der Waals surface area contributed by atoms with Crippen molar-refractivity contribution >= 4 is 26.9 Å². The van der Waals surface area contributed by atoms with Gasteiger partial charge in [-0.05, 0) is 60.9 Å². The van der Waals surface area contributed by atoms with Crippen LogP contribution in [-0.4, -0.2) is 60.5 Å². The molecule has 40 heavy (non-hydrogen) atoms. The summed E-state index contributed by atoms with van der Waals surface area (Å²) in [6, 6.07) is 23.7. The Morgan fingerprint density at radius 3 is 2.27 bits per heavy atom. The molecule has 0 bridgehead atoms. The van der Waals surface area contributed by atoms with E-state index >= 15 is 0 Å². The molecule has 1 aliphatic heterocycles. The molecule has 0 saturated carbocycles. The lowest BCUT2D eigenvalue weighted by atomic mass is 10.1. The van der Waals surface area contributed by atoms with Gasteiger partial charge in [-0.1, -0.05) is 42.5 Å². The summed E-state index contributed by atoms with van der Waals surface area (Å²) < 4.78 is 36.1. The molecule has 5 aromatic rings. The summed E-state index contributed by atoms with van der Waals surface area (Å²) in [7, 11) is -1.94. The van der Waals surface area contributed by atoms with E-state index in [2.05, 4.69) is 27.8 Å². The molecule has 0 N–H and O–H groups in total. The van der Waals surface area contributed by atoms with E-state index in [0.717, 1.165) is 50.5 Å². The van der Waals surface area contributed by atoms with Gasteiger partial charge in [-0.25, -0.2) is 18.4 Å². The fourth-order valence-corrected chi connectivity index (χ4v) is 7.06. The number of aromatic nitrogens is 3. The van der Waals surface area contributed by atoms with Gasteiger partial charge in [-0.3, -0.25) is 0 Å². The Kier molecular flexibility index (Phi) is 6.77. The Morgan fingerprint density at radius 1 is 0.850 bits per heavy atom. The standard InChI is InChI=1S/C31H31N5O3S/c1-22-9-10-23(2)28(19-22)40(37,38)35-17-15-34(16-18-35)30-29-27(24-7-5-4-6-8-24)20-36(31(29)33-21-32-30)25-11-13-26(39-3)14-12-25/h4-14,19-21H,15-18H2,1-3H3. The number of hydrogen-bond donors (Lipinski definition) is 0. The van der Waals surface area contributed by atoms with Gasteiger partial charge in [0.15, 0.2) is 5.65 Å². The highest BCUT2D eigenvalue weighted by molar-refractivity contribution is 7.89. The predicted molar refractivity (Wildman–Crippen MR) is 158 cm³/mol. The molecule has 9 heteroatoms. The average molecular weight is 554 g/mol. The molecule has 0 unspecified atom stereocenters. The zero-order valence-electron chi connectivity index (χ0n) is 22.8. The van der Waals surface area contributed by atoms with Crippen molar-refractivity contribution < 1.29 is 13.2 Å². The molecule has 204 valence electrons. The molecule has 3 aromatic carbocycles. The maximum Gasteiger partial charge on any atom is 0.243 e. The van der Waals surface area contributed by atoms with E-state index in [9.17, 15) is 8.42 Å². The Bertz CT molecular complexity index is 1780. The largest absolute Gasteiger partial charge is 0.497 e. The van der Waals surface area contributed by atoms with E-state index < -0.39 is 10.0 Å².